The standard InChI is InChI=1S/C17H16FNO2S/c18-14-9-5-4-8-13(14)17-19(16(21)11-22-17)10-15(20)12-6-2-1-3-7-12/h1-9,15,17,20H,10-11H2/t15-,17+/m1/s1. The number of amides is 1. The number of aliphatic hydroxyl groups is 1. The van der Waals surface area contributed by atoms with Crippen molar-refractivity contribution >= 4 is 17.7 Å². The van der Waals surface area contributed by atoms with E-state index in [-0.39, 0.29) is 23.6 Å². The molecular formula is C17H16FNO2S. The second-order valence-corrected chi connectivity index (χ2v) is 6.23. The molecule has 1 N–H and O–H groups in total. The van der Waals surface area contributed by atoms with Gasteiger partial charge in [0.25, 0.3) is 0 Å². The Kier molecular flexibility index (Phi) is 4.45. The Morgan fingerprint density at radius 1 is 1.18 bits per heavy atom. The molecule has 0 aromatic heterocycles. The Balaban J connectivity index is 1.81. The minimum Gasteiger partial charge on any atom is -0.387 e. The van der Waals surface area contributed by atoms with Gasteiger partial charge in [-0.2, -0.15) is 0 Å². The van der Waals surface area contributed by atoms with Gasteiger partial charge < -0.3 is 10.0 Å². The van der Waals surface area contributed by atoms with Crippen LogP contribution in [0.1, 0.15) is 22.6 Å². The molecule has 5 heteroatoms. The fraction of sp³-hybridized carbons (Fsp3) is 0.235. The zero-order chi connectivity index (χ0) is 15.5. The highest BCUT2D eigenvalue weighted by Gasteiger charge is 2.35. The van der Waals surface area contributed by atoms with Crippen LogP contribution < -0.4 is 0 Å². The highest BCUT2D eigenvalue weighted by atomic mass is 32.2. The molecule has 2 atom stereocenters. The molecule has 2 aromatic carbocycles. The molecule has 0 aliphatic carbocycles. The Labute approximate surface area is 132 Å². The number of hydrogen-bond acceptors (Lipinski definition) is 3. The minimum absolute atomic E-state index is 0.0757. The van der Waals surface area contributed by atoms with E-state index in [9.17, 15) is 14.3 Å². The van der Waals surface area contributed by atoms with Gasteiger partial charge in [0.05, 0.1) is 18.4 Å². The van der Waals surface area contributed by atoms with Crippen molar-refractivity contribution in [2.75, 3.05) is 12.3 Å². The van der Waals surface area contributed by atoms with Crippen LogP contribution in [0.3, 0.4) is 0 Å². The summed E-state index contributed by atoms with van der Waals surface area (Å²) in [6.45, 7) is 0.162. The molecule has 0 bridgehead atoms. The van der Waals surface area contributed by atoms with E-state index in [1.54, 1.807) is 23.1 Å². The number of β-amino-alcohol motifs (C(OH)–C–C–N with tert-alkyl or cyclic N) is 1. The first-order valence-corrected chi connectivity index (χ1v) is 8.10. The molecule has 0 saturated carbocycles. The molecule has 3 rings (SSSR count). The molecule has 1 heterocycles. The number of nitrogens with zero attached hydrogens (tertiary/aromatic N) is 1. The van der Waals surface area contributed by atoms with Crippen LogP contribution in [-0.4, -0.2) is 28.2 Å². The first-order valence-electron chi connectivity index (χ1n) is 7.05. The van der Waals surface area contributed by atoms with Crippen molar-refractivity contribution in [3.63, 3.8) is 0 Å². The average Bonchev–Trinajstić information content (AvgIpc) is 2.90. The molecule has 1 saturated heterocycles. The maximum atomic E-state index is 14.0. The van der Waals surface area contributed by atoms with E-state index in [0.717, 1.165) is 5.56 Å². The fourth-order valence-corrected chi connectivity index (χ4v) is 3.77. The lowest BCUT2D eigenvalue weighted by Gasteiger charge is -2.27. The normalized spacial score (nSPS) is 19.5. The lowest BCUT2D eigenvalue weighted by Crippen LogP contribution is -2.32. The van der Waals surface area contributed by atoms with Crippen LogP contribution in [0.5, 0.6) is 0 Å². The predicted molar refractivity (Wildman–Crippen MR) is 84.7 cm³/mol. The lowest BCUT2D eigenvalue weighted by molar-refractivity contribution is -0.129. The molecule has 3 nitrogen and oxygen atoms in total. The first kappa shape index (κ1) is 15.1. The van der Waals surface area contributed by atoms with Crippen LogP contribution in [0.15, 0.2) is 54.6 Å². The quantitative estimate of drug-likeness (QED) is 0.942. The Morgan fingerprint density at radius 2 is 1.86 bits per heavy atom. The fourth-order valence-electron chi connectivity index (χ4n) is 2.55. The SMILES string of the molecule is O=C1CS[C@@H](c2ccccc2F)N1C[C@@H](O)c1ccccc1. The van der Waals surface area contributed by atoms with Gasteiger partial charge in [-0.15, -0.1) is 11.8 Å². The molecule has 0 spiro atoms. The van der Waals surface area contributed by atoms with Gasteiger partial charge in [-0.25, -0.2) is 4.39 Å². The van der Waals surface area contributed by atoms with Gasteiger partial charge in [0.2, 0.25) is 5.91 Å². The largest absolute Gasteiger partial charge is 0.387 e. The number of carbonyl (C=O) groups is 1. The molecule has 2 aromatic rings. The van der Waals surface area contributed by atoms with Crippen LogP contribution in [0.4, 0.5) is 4.39 Å². The summed E-state index contributed by atoms with van der Waals surface area (Å²) in [5.74, 6) is -0.0947. The van der Waals surface area contributed by atoms with Gasteiger partial charge in [0.1, 0.15) is 11.2 Å². The maximum Gasteiger partial charge on any atom is 0.233 e. The summed E-state index contributed by atoms with van der Waals surface area (Å²) in [4.78, 5) is 13.7. The number of carbonyl (C=O) groups excluding carboxylic acids is 1. The van der Waals surface area contributed by atoms with E-state index in [1.807, 2.05) is 30.3 Å². The van der Waals surface area contributed by atoms with Gasteiger partial charge in [-0.05, 0) is 11.6 Å². The smallest absolute Gasteiger partial charge is 0.233 e. The van der Waals surface area contributed by atoms with Gasteiger partial charge in [-0.1, -0.05) is 48.5 Å². The number of benzene rings is 2. The molecule has 0 unspecified atom stereocenters. The highest BCUT2D eigenvalue weighted by Crippen LogP contribution is 2.40. The van der Waals surface area contributed by atoms with Crippen molar-refractivity contribution in [2.45, 2.75) is 11.5 Å². The van der Waals surface area contributed by atoms with Crippen LogP contribution in [-0.2, 0) is 4.79 Å². The summed E-state index contributed by atoms with van der Waals surface area (Å²) in [6.07, 6.45) is -0.780. The molecule has 1 aliphatic heterocycles. The Morgan fingerprint density at radius 3 is 2.59 bits per heavy atom. The third-order valence-electron chi connectivity index (χ3n) is 3.69. The zero-order valence-electron chi connectivity index (χ0n) is 11.9. The molecular weight excluding hydrogens is 301 g/mol. The monoisotopic (exact) mass is 317 g/mol. The lowest BCUT2D eigenvalue weighted by atomic mass is 10.1. The average molecular weight is 317 g/mol. The number of thioether (sulfide) groups is 1. The molecule has 114 valence electrons. The summed E-state index contributed by atoms with van der Waals surface area (Å²) >= 11 is 1.39. The molecule has 0 radical (unpaired) electrons. The summed E-state index contributed by atoms with van der Waals surface area (Å²) in [6, 6.07) is 15.7. The summed E-state index contributed by atoms with van der Waals surface area (Å²) < 4.78 is 14.0. The van der Waals surface area contributed by atoms with E-state index in [2.05, 4.69) is 0 Å². The van der Waals surface area contributed by atoms with E-state index < -0.39 is 6.10 Å². The first-order chi connectivity index (χ1) is 10.7. The van der Waals surface area contributed by atoms with Gasteiger partial charge in [0, 0.05) is 5.56 Å². The van der Waals surface area contributed by atoms with Crippen molar-refractivity contribution < 1.29 is 14.3 Å². The van der Waals surface area contributed by atoms with Crippen molar-refractivity contribution in [3.05, 3.63) is 71.5 Å². The van der Waals surface area contributed by atoms with Crippen LogP contribution >= 0.6 is 11.8 Å². The topological polar surface area (TPSA) is 40.5 Å². The van der Waals surface area contributed by atoms with Crippen molar-refractivity contribution in [2.24, 2.45) is 0 Å². The Hall–Kier alpha value is -1.85. The van der Waals surface area contributed by atoms with Crippen molar-refractivity contribution in [1.82, 2.24) is 4.90 Å². The molecule has 1 aliphatic rings. The predicted octanol–water partition coefficient (Wildman–Crippen LogP) is 3.13. The second-order valence-electron chi connectivity index (χ2n) is 5.16. The van der Waals surface area contributed by atoms with Crippen LogP contribution in [0, 0.1) is 5.82 Å². The minimum atomic E-state index is -0.780. The molecule has 1 amide bonds. The van der Waals surface area contributed by atoms with Gasteiger partial charge in [0.15, 0.2) is 0 Å². The van der Waals surface area contributed by atoms with Crippen LogP contribution in [0.2, 0.25) is 0 Å². The van der Waals surface area contributed by atoms with E-state index in [0.29, 0.717) is 11.3 Å². The molecule has 22 heavy (non-hydrogen) atoms. The van der Waals surface area contributed by atoms with Crippen LogP contribution in [0.25, 0.3) is 0 Å². The zero-order valence-corrected chi connectivity index (χ0v) is 12.7. The number of rotatable bonds is 4. The van der Waals surface area contributed by atoms with Gasteiger partial charge in [-0.3, -0.25) is 4.79 Å². The number of halogens is 1. The van der Waals surface area contributed by atoms with E-state index >= 15 is 0 Å². The van der Waals surface area contributed by atoms with Gasteiger partial charge >= 0.3 is 0 Å². The van der Waals surface area contributed by atoms with E-state index in [1.165, 1.54) is 17.8 Å². The maximum absolute atomic E-state index is 14.0. The second kappa shape index (κ2) is 6.50. The van der Waals surface area contributed by atoms with E-state index in [4.69, 9.17) is 0 Å². The third kappa shape index (κ3) is 3.00. The Bertz CT molecular complexity index is 665. The van der Waals surface area contributed by atoms with Crippen molar-refractivity contribution in [1.29, 1.82) is 0 Å². The third-order valence-corrected chi connectivity index (χ3v) is 4.93. The number of aliphatic hydroxyl groups excluding tert-OH is 1. The summed E-state index contributed by atoms with van der Waals surface area (Å²) in [5, 5.41) is 9.95. The number of hydrogen-bond donors (Lipinski definition) is 1. The van der Waals surface area contributed by atoms with Crippen molar-refractivity contribution in [3.8, 4) is 0 Å². The molecule has 1 fully saturated rings. The summed E-state index contributed by atoms with van der Waals surface area (Å²) in [5.41, 5.74) is 1.23. The highest BCUT2D eigenvalue weighted by molar-refractivity contribution is 8.00. The summed E-state index contributed by atoms with van der Waals surface area (Å²) in [7, 11) is 0.